The van der Waals surface area contributed by atoms with E-state index in [1.165, 1.54) is 0 Å². The molecule has 0 aromatic heterocycles. The van der Waals surface area contributed by atoms with Crippen LogP contribution in [0.2, 0.25) is 0 Å². The minimum absolute atomic E-state index is 0.421. The summed E-state index contributed by atoms with van der Waals surface area (Å²) in [5.41, 5.74) is 2.61. The molecule has 0 unspecified atom stereocenters. The van der Waals surface area contributed by atoms with E-state index >= 15 is 0 Å². The van der Waals surface area contributed by atoms with Gasteiger partial charge in [-0.05, 0) is 6.42 Å². The van der Waals surface area contributed by atoms with Crippen LogP contribution in [0.5, 0.6) is 0 Å². The molecule has 1 aliphatic rings. The van der Waals surface area contributed by atoms with Gasteiger partial charge >= 0.3 is 12.1 Å². The van der Waals surface area contributed by atoms with E-state index in [4.69, 9.17) is 15.0 Å². The van der Waals surface area contributed by atoms with Gasteiger partial charge < -0.3 is 15.0 Å². The molecular formula is C7H9F3N2O4. The molecule has 1 rings (SSSR count). The van der Waals surface area contributed by atoms with Crippen molar-refractivity contribution in [1.29, 1.82) is 0 Å². The number of hydrazine groups is 1. The molecule has 1 aliphatic heterocycles. The number of rotatable bonds is 1. The van der Waals surface area contributed by atoms with Gasteiger partial charge in [0, 0.05) is 6.42 Å². The zero-order valence-corrected chi connectivity index (χ0v) is 7.87. The van der Waals surface area contributed by atoms with Crippen molar-refractivity contribution in [2.24, 2.45) is 0 Å². The maximum Gasteiger partial charge on any atom is 0.430 e. The zero-order chi connectivity index (χ0) is 12.8. The standard InChI is InChI=1S/C5H8N2O2.C2HF3O2/c8-5(9)4-2-1-3-6-7-4;3-2(4,5)1(6)7/h3-4,7H,1-2H2,(H,8,9);(H,6,7)/t4-;/m0./s1. The Hall–Kier alpha value is -1.80. The van der Waals surface area contributed by atoms with Gasteiger partial charge in [-0.25, -0.2) is 4.79 Å². The Balaban J connectivity index is 0.000000293. The van der Waals surface area contributed by atoms with Gasteiger partial charge in [0.25, 0.3) is 0 Å². The molecular weight excluding hydrogens is 233 g/mol. The molecule has 92 valence electrons. The topological polar surface area (TPSA) is 103 Å². The number of carboxylic acid groups (broad SMARTS) is 2. The number of aliphatic carboxylic acids is 2. The van der Waals surface area contributed by atoms with E-state index in [1.807, 2.05) is 0 Å². The molecule has 0 radical (unpaired) electrons. The summed E-state index contributed by atoms with van der Waals surface area (Å²) in [4.78, 5) is 19.0. The van der Waals surface area contributed by atoms with Crippen molar-refractivity contribution >= 4 is 18.2 Å². The molecule has 6 nitrogen and oxygen atoms in total. The highest BCUT2D eigenvalue weighted by atomic mass is 19.4. The average Bonchev–Trinajstić information content (AvgIpc) is 2.18. The fourth-order valence-electron chi connectivity index (χ4n) is 0.739. The van der Waals surface area contributed by atoms with Gasteiger partial charge in [-0.1, -0.05) is 0 Å². The van der Waals surface area contributed by atoms with Crippen molar-refractivity contribution in [3.63, 3.8) is 0 Å². The minimum Gasteiger partial charge on any atom is -0.542 e. The molecule has 0 bridgehead atoms. The van der Waals surface area contributed by atoms with Crippen LogP contribution in [0.25, 0.3) is 0 Å². The number of nitrogens with one attached hydrogen (secondary N) is 2. The summed E-state index contributed by atoms with van der Waals surface area (Å²) < 4.78 is 31.5. The van der Waals surface area contributed by atoms with Crippen molar-refractivity contribution < 1.29 is 38.1 Å². The first kappa shape index (κ1) is 14.2. The lowest BCUT2D eigenvalue weighted by Crippen LogP contribution is -2.85. The normalized spacial score (nSPS) is 19.1. The fourth-order valence-corrected chi connectivity index (χ4v) is 0.739. The Morgan fingerprint density at radius 3 is 2.19 bits per heavy atom. The van der Waals surface area contributed by atoms with Gasteiger partial charge in [0.2, 0.25) is 0 Å². The van der Waals surface area contributed by atoms with Gasteiger partial charge in [-0.2, -0.15) is 18.6 Å². The Morgan fingerprint density at radius 2 is 2.00 bits per heavy atom. The number of alkyl halides is 3. The van der Waals surface area contributed by atoms with Crippen LogP contribution in [0.1, 0.15) is 12.8 Å². The summed E-state index contributed by atoms with van der Waals surface area (Å²) in [6.45, 7) is 0. The van der Waals surface area contributed by atoms with Crippen molar-refractivity contribution in [2.45, 2.75) is 25.1 Å². The van der Waals surface area contributed by atoms with E-state index in [0.29, 0.717) is 6.42 Å². The number of hydrogen-bond donors (Lipinski definition) is 3. The molecule has 0 aliphatic carbocycles. The highest BCUT2D eigenvalue weighted by Crippen LogP contribution is 2.11. The number of hydrogen-bond acceptors (Lipinski definition) is 4. The Kier molecular flexibility index (Phi) is 5.26. The van der Waals surface area contributed by atoms with E-state index in [9.17, 15) is 18.0 Å². The summed E-state index contributed by atoms with van der Waals surface area (Å²) in [7, 11) is 0. The number of carboxylic acids is 2. The first-order chi connectivity index (χ1) is 7.25. The lowest BCUT2D eigenvalue weighted by atomic mass is 10.1. The van der Waals surface area contributed by atoms with Crippen LogP contribution in [0.15, 0.2) is 0 Å². The van der Waals surface area contributed by atoms with Crippen LogP contribution in [-0.4, -0.2) is 35.5 Å². The molecule has 0 saturated carbocycles. The quantitative estimate of drug-likeness (QED) is 0.460. The van der Waals surface area contributed by atoms with Gasteiger partial charge in [-0.3, -0.25) is 0 Å². The smallest absolute Gasteiger partial charge is 0.430 e. The fraction of sp³-hybridized carbons (Fsp3) is 0.571. The Morgan fingerprint density at radius 1 is 1.50 bits per heavy atom. The lowest BCUT2D eigenvalue weighted by Gasteiger charge is -2.08. The molecule has 3 N–H and O–H groups in total. The molecule has 1 heterocycles. The van der Waals surface area contributed by atoms with E-state index in [-0.39, 0.29) is 0 Å². The molecule has 16 heavy (non-hydrogen) atoms. The Bertz CT molecular complexity index is 290. The maximum absolute atomic E-state index is 10.5. The third-order valence-corrected chi connectivity index (χ3v) is 1.49. The number of hydrazone groups is 1. The van der Waals surface area contributed by atoms with Crippen LogP contribution >= 0.6 is 0 Å². The highest BCUT2D eigenvalue weighted by molar-refractivity contribution is 5.74. The first-order valence-electron chi connectivity index (χ1n) is 4.09. The second-order valence-electron chi connectivity index (χ2n) is 2.75. The summed E-state index contributed by atoms with van der Waals surface area (Å²) in [5, 5.41) is 19.9. The lowest BCUT2D eigenvalue weighted by molar-refractivity contribution is -0.532. The van der Waals surface area contributed by atoms with Crippen molar-refractivity contribution in [1.82, 2.24) is 5.43 Å². The number of halogens is 3. The van der Waals surface area contributed by atoms with Crippen molar-refractivity contribution in [3.05, 3.63) is 0 Å². The van der Waals surface area contributed by atoms with Crippen LogP contribution in [0.4, 0.5) is 13.2 Å². The summed E-state index contributed by atoms with van der Waals surface area (Å²) in [6, 6.07) is -0.421. The molecule has 0 spiro atoms. The van der Waals surface area contributed by atoms with E-state index < -0.39 is 24.2 Å². The second kappa shape index (κ2) is 5.93. The Labute approximate surface area is 87.8 Å². The van der Waals surface area contributed by atoms with Crippen LogP contribution in [-0.2, 0) is 9.59 Å². The average molecular weight is 242 g/mol. The summed E-state index contributed by atoms with van der Waals surface area (Å²) in [6.07, 6.45) is -1.91. The van der Waals surface area contributed by atoms with E-state index in [0.717, 1.165) is 6.42 Å². The largest absolute Gasteiger partial charge is 0.542 e. The molecule has 9 heteroatoms. The van der Waals surface area contributed by atoms with Gasteiger partial charge in [0.15, 0.2) is 12.3 Å². The van der Waals surface area contributed by atoms with E-state index in [2.05, 4.69) is 10.5 Å². The van der Waals surface area contributed by atoms with Gasteiger partial charge in [0.05, 0.1) is 0 Å². The third kappa shape index (κ3) is 5.83. The van der Waals surface area contributed by atoms with Gasteiger partial charge in [0.1, 0.15) is 5.97 Å². The monoisotopic (exact) mass is 242 g/mol. The predicted octanol–water partition coefficient (Wildman–Crippen LogP) is -2.81. The third-order valence-electron chi connectivity index (χ3n) is 1.49. The summed E-state index contributed by atoms with van der Waals surface area (Å²) >= 11 is 0. The molecule has 0 aromatic rings. The second-order valence-corrected chi connectivity index (χ2v) is 2.75. The number of carbonyl (C=O) groups is 2. The summed E-state index contributed by atoms with van der Waals surface area (Å²) in [5.74, 6) is -3.80. The van der Waals surface area contributed by atoms with Crippen molar-refractivity contribution in [2.75, 3.05) is 0 Å². The minimum atomic E-state index is -5.19. The molecule has 0 fully saturated rings. The molecule has 0 saturated heterocycles. The molecule has 0 amide bonds. The van der Waals surface area contributed by atoms with E-state index in [1.54, 1.807) is 6.21 Å². The van der Waals surface area contributed by atoms with Crippen LogP contribution < -0.4 is 15.6 Å². The maximum atomic E-state index is 10.5. The highest BCUT2D eigenvalue weighted by Gasteiger charge is 2.28. The SMILES string of the molecule is O=C(O)[C@@H]1CCC=[NH+]N1.O=C([O-])C(F)(F)F. The van der Waals surface area contributed by atoms with Crippen LogP contribution in [0, 0.1) is 0 Å². The number of carbonyl (C=O) groups excluding carboxylic acids is 1. The molecule has 0 aromatic carbocycles. The zero-order valence-electron chi connectivity index (χ0n) is 7.87. The molecule has 1 atom stereocenters. The first-order valence-corrected chi connectivity index (χ1v) is 4.09. The predicted molar refractivity (Wildman–Crippen MR) is 41.9 cm³/mol. The van der Waals surface area contributed by atoms with Gasteiger partial charge in [-0.15, -0.1) is 5.10 Å². The van der Waals surface area contributed by atoms with Crippen molar-refractivity contribution in [3.8, 4) is 0 Å². The van der Waals surface area contributed by atoms with Crippen LogP contribution in [0.3, 0.4) is 0 Å².